The summed E-state index contributed by atoms with van der Waals surface area (Å²) in [5.74, 6) is -0.174. The van der Waals surface area contributed by atoms with Crippen molar-refractivity contribution in [2.45, 2.75) is 20.8 Å². The molecule has 6 nitrogen and oxygen atoms in total. The SMILES string of the molecule is COC(=O)Oc1c(C(=O)c2cc(C)cc(C)c2C)cnn1C. The van der Waals surface area contributed by atoms with Gasteiger partial charge in [-0.05, 0) is 38.0 Å². The Labute approximate surface area is 128 Å². The molecule has 0 amide bonds. The number of ketones is 1. The lowest BCUT2D eigenvalue weighted by Crippen LogP contribution is -2.14. The molecule has 1 heterocycles. The molecule has 0 bridgehead atoms. The fraction of sp³-hybridized carbons (Fsp3) is 0.312. The summed E-state index contributed by atoms with van der Waals surface area (Å²) in [6.45, 7) is 5.77. The molecule has 2 rings (SSSR count). The van der Waals surface area contributed by atoms with Crippen molar-refractivity contribution < 1.29 is 19.1 Å². The second kappa shape index (κ2) is 6.01. The van der Waals surface area contributed by atoms with E-state index in [1.807, 2.05) is 32.9 Å². The maximum absolute atomic E-state index is 12.8. The number of carbonyl (C=O) groups is 2. The maximum Gasteiger partial charge on any atom is 0.514 e. The summed E-state index contributed by atoms with van der Waals surface area (Å²) in [4.78, 5) is 24.1. The average molecular weight is 302 g/mol. The first-order valence-electron chi connectivity index (χ1n) is 6.75. The van der Waals surface area contributed by atoms with Crippen LogP contribution in [-0.4, -0.2) is 28.8 Å². The van der Waals surface area contributed by atoms with Gasteiger partial charge in [-0.25, -0.2) is 9.48 Å². The van der Waals surface area contributed by atoms with E-state index in [9.17, 15) is 9.59 Å². The lowest BCUT2D eigenvalue weighted by Gasteiger charge is -2.10. The molecule has 0 aliphatic heterocycles. The maximum atomic E-state index is 12.8. The number of methoxy groups -OCH3 is 1. The number of aromatic nitrogens is 2. The zero-order valence-corrected chi connectivity index (χ0v) is 13.3. The molecule has 0 saturated heterocycles. The second-order valence-corrected chi connectivity index (χ2v) is 5.13. The van der Waals surface area contributed by atoms with Gasteiger partial charge in [0, 0.05) is 12.6 Å². The van der Waals surface area contributed by atoms with Crippen molar-refractivity contribution in [2.75, 3.05) is 7.11 Å². The van der Waals surface area contributed by atoms with Crippen LogP contribution in [-0.2, 0) is 11.8 Å². The molecule has 22 heavy (non-hydrogen) atoms. The number of hydrogen-bond acceptors (Lipinski definition) is 5. The van der Waals surface area contributed by atoms with E-state index in [2.05, 4.69) is 9.84 Å². The van der Waals surface area contributed by atoms with Crippen LogP contribution in [0.3, 0.4) is 0 Å². The number of hydrogen-bond donors (Lipinski definition) is 0. The molecule has 0 spiro atoms. The van der Waals surface area contributed by atoms with Gasteiger partial charge in [-0.2, -0.15) is 5.10 Å². The summed E-state index contributed by atoms with van der Waals surface area (Å²) in [5.41, 5.74) is 3.71. The minimum Gasteiger partial charge on any atom is -0.437 e. The summed E-state index contributed by atoms with van der Waals surface area (Å²) in [6, 6.07) is 3.83. The highest BCUT2D eigenvalue weighted by atomic mass is 16.7. The predicted octanol–water partition coefficient (Wildman–Crippen LogP) is 2.72. The van der Waals surface area contributed by atoms with Crippen molar-refractivity contribution in [3.05, 3.63) is 46.1 Å². The topological polar surface area (TPSA) is 70.4 Å². The zero-order valence-electron chi connectivity index (χ0n) is 13.3. The van der Waals surface area contributed by atoms with E-state index in [0.717, 1.165) is 16.7 Å². The molecule has 2 aromatic rings. The van der Waals surface area contributed by atoms with Gasteiger partial charge in [-0.1, -0.05) is 11.6 Å². The van der Waals surface area contributed by atoms with Gasteiger partial charge in [-0.3, -0.25) is 4.79 Å². The number of carbonyl (C=O) groups excluding carboxylic acids is 2. The zero-order chi connectivity index (χ0) is 16.4. The molecule has 1 aromatic carbocycles. The molecular formula is C16H18N2O4. The molecule has 0 saturated carbocycles. The van der Waals surface area contributed by atoms with Crippen LogP contribution in [0.5, 0.6) is 5.88 Å². The Balaban J connectivity index is 2.49. The van der Waals surface area contributed by atoms with Gasteiger partial charge in [-0.15, -0.1) is 0 Å². The third-order valence-corrected chi connectivity index (χ3v) is 3.53. The van der Waals surface area contributed by atoms with Crippen LogP contribution in [0, 0.1) is 20.8 Å². The van der Waals surface area contributed by atoms with E-state index in [0.29, 0.717) is 5.56 Å². The molecule has 1 aromatic heterocycles. The minimum absolute atomic E-state index is 0.0652. The number of ether oxygens (including phenoxy) is 2. The minimum atomic E-state index is -0.894. The number of benzene rings is 1. The first-order valence-corrected chi connectivity index (χ1v) is 6.75. The fourth-order valence-corrected chi connectivity index (χ4v) is 2.24. The molecular weight excluding hydrogens is 284 g/mol. The van der Waals surface area contributed by atoms with Crippen molar-refractivity contribution in [1.82, 2.24) is 9.78 Å². The lowest BCUT2D eigenvalue weighted by molar-refractivity contribution is 0.102. The largest absolute Gasteiger partial charge is 0.514 e. The molecule has 6 heteroatoms. The van der Waals surface area contributed by atoms with Gasteiger partial charge in [0.2, 0.25) is 5.88 Å². The first-order chi connectivity index (χ1) is 10.3. The van der Waals surface area contributed by atoms with E-state index in [-0.39, 0.29) is 17.2 Å². The summed E-state index contributed by atoms with van der Waals surface area (Å²) >= 11 is 0. The van der Waals surface area contributed by atoms with Crippen LogP contribution in [0.4, 0.5) is 4.79 Å². The van der Waals surface area contributed by atoms with Gasteiger partial charge in [0.15, 0.2) is 5.78 Å². The number of rotatable bonds is 3. The second-order valence-electron chi connectivity index (χ2n) is 5.13. The van der Waals surface area contributed by atoms with E-state index in [4.69, 9.17) is 4.74 Å². The van der Waals surface area contributed by atoms with Crippen LogP contribution in [0.1, 0.15) is 32.6 Å². The van der Waals surface area contributed by atoms with Crippen molar-refractivity contribution >= 4 is 11.9 Å². The Morgan fingerprint density at radius 2 is 1.82 bits per heavy atom. The number of aryl methyl sites for hydroxylation is 3. The van der Waals surface area contributed by atoms with E-state index in [1.165, 1.54) is 18.0 Å². The summed E-state index contributed by atoms with van der Waals surface area (Å²) < 4.78 is 10.8. The third kappa shape index (κ3) is 2.86. The molecule has 116 valence electrons. The molecule has 0 radical (unpaired) electrons. The monoisotopic (exact) mass is 302 g/mol. The quantitative estimate of drug-likeness (QED) is 0.644. The summed E-state index contributed by atoms with van der Waals surface area (Å²) in [7, 11) is 2.79. The van der Waals surface area contributed by atoms with Crippen molar-refractivity contribution in [3.8, 4) is 5.88 Å². The van der Waals surface area contributed by atoms with Crippen LogP contribution in [0.2, 0.25) is 0 Å². The normalized spacial score (nSPS) is 10.4. The summed E-state index contributed by atoms with van der Waals surface area (Å²) in [6.07, 6.45) is 0.493. The standard InChI is InChI=1S/C16H18N2O4/c1-9-6-10(2)11(3)12(7-9)14(19)13-8-17-18(4)15(13)22-16(20)21-5/h6-8H,1-5H3. The van der Waals surface area contributed by atoms with Crippen LogP contribution in [0.15, 0.2) is 18.3 Å². The Hall–Kier alpha value is -2.63. The van der Waals surface area contributed by atoms with Gasteiger partial charge in [0.05, 0.1) is 13.3 Å². The van der Waals surface area contributed by atoms with Crippen LogP contribution < -0.4 is 4.74 Å². The van der Waals surface area contributed by atoms with E-state index >= 15 is 0 Å². The molecule has 0 aliphatic rings. The van der Waals surface area contributed by atoms with Crippen molar-refractivity contribution in [3.63, 3.8) is 0 Å². The molecule has 0 N–H and O–H groups in total. The molecule has 0 unspecified atom stereocenters. The Bertz CT molecular complexity index is 747. The van der Waals surface area contributed by atoms with E-state index < -0.39 is 6.16 Å². The third-order valence-electron chi connectivity index (χ3n) is 3.53. The smallest absolute Gasteiger partial charge is 0.437 e. The average Bonchev–Trinajstić information content (AvgIpc) is 2.83. The van der Waals surface area contributed by atoms with Gasteiger partial charge < -0.3 is 9.47 Å². The van der Waals surface area contributed by atoms with Gasteiger partial charge >= 0.3 is 6.16 Å². The highest BCUT2D eigenvalue weighted by Gasteiger charge is 2.23. The highest BCUT2D eigenvalue weighted by molar-refractivity contribution is 6.11. The highest BCUT2D eigenvalue weighted by Crippen LogP contribution is 2.25. The lowest BCUT2D eigenvalue weighted by atomic mass is 9.95. The number of nitrogens with zero attached hydrogens (tertiary/aromatic N) is 2. The Kier molecular flexibility index (Phi) is 4.30. The van der Waals surface area contributed by atoms with Gasteiger partial charge in [0.25, 0.3) is 0 Å². The Morgan fingerprint density at radius 1 is 1.14 bits per heavy atom. The predicted molar refractivity (Wildman–Crippen MR) is 80.3 cm³/mol. The molecule has 0 aliphatic carbocycles. The van der Waals surface area contributed by atoms with Crippen molar-refractivity contribution in [2.24, 2.45) is 7.05 Å². The van der Waals surface area contributed by atoms with Crippen LogP contribution in [0.25, 0.3) is 0 Å². The Morgan fingerprint density at radius 3 is 2.45 bits per heavy atom. The van der Waals surface area contributed by atoms with Gasteiger partial charge in [0.1, 0.15) is 5.56 Å². The molecule has 0 fully saturated rings. The first kappa shape index (κ1) is 15.8. The van der Waals surface area contributed by atoms with E-state index in [1.54, 1.807) is 7.05 Å². The summed E-state index contributed by atoms with van der Waals surface area (Å²) in [5, 5.41) is 3.99. The van der Waals surface area contributed by atoms with Crippen molar-refractivity contribution in [1.29, 1.82) is 0 Å². The fourth-order valence-electron chi connectivity index (χ4n) is 2.24. The van der Waals surface area contributed by atoms with Crippen LogP contribution >= 0.6 is 0 Å². The molecule has 0 atom stereocenters.